The van der Waals surface area contributed by atoms with Gasteiger partial charge in [0, 0.05) is 46.4 Å². The summed E-state index contributed by atoms with van der Waals surface area (Å²) in [4.78, 5) is 30.1. The van der Waals surface area contributed by atoms with Gasteiger partial charge >= 0.3 is 5.97 Å². The van der Waals surface area contributed by atoms with E-state index in [1.165, 1.54) is 10.8 Å². The Bertz CT molecular complexity index is 1670. The van der Waals surface area contributed by atoms with E-state index in [1.807, 2.05) is 48.7 Å². The Morgan fingerprint density at radius 2 is 1.72 bits per heavy atom. The molecule has 1 aliphatic heterocycles. The molecule has 1 aliphatic rings. The Morgan fingerprint density at radius 3 is 2.47 bits per heavy atom. The smallest absolute Gasteiger partial charge is 0.321 e. The molecule has 1 atom stereocenters. The maximum atomic E-state index is 11.3. The number of aliphatic carboxylic acids is 1. The van der Waals surface area contributed by atoms with E-state index in [9.17, 15) is 14.7 Å². The number of carboxylic acid groups (broad SMARTS) is 1. The molecule has 5 aromatic rings. The Balaban J connectivity index is 0.000000172. The van der Waals surface area contributed by atoms with Crippen LogP contribution in [0.1, 0.15) is 41.0 Å². The van der Waals surface area contributed by atoms with Crippen LogP contribution in [0.25, 0.3) is 21.8 Å². The maximum Gasteiger partial charge on any atom is 0.321 e. The molecule has 0 unspecified atom stereocenters. The molecule has 0 spiro atoms. The summed E-state index contributed by atoms with van der Waals surface area (Å²) in [5, 5.41) is 14.8. The molecule has 222 valence electrons. The number of hydrogen-bond donors (Lipinski definition) is 3. The maximum absolute atomic E-state index is 11.3. The summed E-state index contributed by atoms with van der Waals surface area (Å²) in [6, 6.07) is 26.3. The third-order valence-corrected chi connectivity index (χ3v) is 7.41. The predicted octanol–water partition coefficient (Wildman–Crippen LogP) is 5.94. The highest BCUT2D eigenvalue weighted by Gasteiger charge is 2.29. The van der Waals surface area contributed by atoms with Crippen LogP contribution >= 0.6 is 0 Å². The van der Waals surface area contributed by atoms with Gasteiger partial charge in [0.25, 0.3) is 0 Å². The van der Waals surface area contributed by atoms with E-state index in [0.717, 1.165) is 47.4 Å². The molecule has 0 saturated carbocycles. The molecule has 3 heterocycles. The second-order valence-corrected chi connectivity index (χ2v) is 11.6. The number of rotatable bonds is 9. The summed E-state index contributed by atoms with van der Waals surface area (Å²) in [5.74, 6) is -0.901. The zero-order valence-corrected chi connectivity index (χ0v) is 24.5. The Labute approximate surface area is 251 Å². The third kappa shape index (κ3) is 7.93. The molecule has 0 amide bonds. The number of carbonyl (C=O) groups excluding carboxylic acids is 1. The van der Waals surface area contributed by atoms with Gasteiger partial charge in [-0.1, -0.05) is 80.6 Å². The van der Waals surface area contributed by atoms with E-state index >= 15 is 0 Å². The lowest BCUT2D eigenvalue weighted by atomic mass is 9.95. The molecule has 1 saturated heterocycles. The van der Waals surface area contributed by atoms with Gasteiger partial charge in [0.2, 0.25) is 0 Å². The van der Waals surface area contributed by atoms with Gasteiger partial charge in [-0.3, -0.25) is 14.6 Å². The monoisotopic (exact) mass is 579 g/mol. The number of aromatic nitrogens is 2. The van der Waals surface area contributed by atoms with Crippen LogP contribution < -0.4 is 5.32 Å². The number of carboxylic acids is 1. The first-order valence-corrected chi connectivity index (χ1v) is 14.4. The lowest BCUT2D eigenvalue weighted by molar-refractivity contribution is -0.220. The molecule has 0 radical (unpaired) electrons. The van der Waals surface area contributed by atoms with Crippen LogP contribution in [0.4, 0.5) is 0 Å². The number of nitrogens with zero attached hydrogens (tertiary/aromatic N) is 1. The van der Waals surface area contributed by atoms with Gasteiger partial charge in [-0.2, -0.15) is 0 Å². The third-order valence-electron chi connectivity index (χ3n) is 7.41. The minimum absolute atomic E-state index is 0.0943. The highest BCUT2D eigenvalue weighted by atomic mass is 16.7. The Morgan fingerprint density at radius 1 is 1.00 bits per heavy atom. The minimum Gasteiger partial charge on any atom is -0.480 e. The molecule has 3 aromatic carbocycles. The number of H-pyrrole nitrogens is 1. The lowest BCUT2D eigenvalue weighted by Crippen LogP contribution is -2.38. The second kappa shape index (κ2) is 13.7. The van der Waals surface area contributed by atoms with Gasteiger partial charge in [0.15, 0.2) is 6.29 Å². The van der Waals surface area contributed by atoms with E-state index < -0.39 is 12.0 Å². The van der Waals surface area contributed by atoms with Crippen LogP contribution in [0.15, 0.2) is 91.1 Å². The van der Waals surface area contributed by atoms with Crippen molar-refractivity contribution >= 4 is 34.1 Å². The molecule has 8 nitrogen and oxygen atoms in total. The quantitative estimate of drug-likeness (QED) is 0.185. The van der Waals surface area contributed by atoms with E-state index in [4.69, 9.17) is 9.47 Å². The summed E-state index contributed by atoms with van der Waals surface area (Å²) >= 11 is 0. The van der Waals surface area contributed by atoms with Gasteiger partial charge in [0.1, 0.15) is 12.3 Å². The van der Waals surface area contributed by atoms with Gasteiger partial charge in [0.05, 0.1) is 24.4 Å². The van der Waals surface area contributed by atoms with Crippen molar-refractivity contribution in [1.82, 2.24) is 15.3 Å². The Kier molecular flexibility index (Phi) is 9.61. The van der Waals surface area contributed by atoms with E-state index in [0.29, 0.717) is 24.9 Å². The second-order valence-electron chi connectivity index (χ2n) is 11.6. The highest BCUT2D eigenvalue weighted by Crippen LogP contribution is 2.29. The van der Waals surface area contributed by atoms with Crippen LogP contribution in [0.3, 0.4) is 0 Å². The van der Waals surface area contributed by atoms with Crippen molar-refractivity contribution in [1.29, 1.82) is 0 Å². The fourth-order valence-corrected chi connectivity index (χ4v) is 5.10. The summed E-state index contributed by atoms with van der Waals surface area (Å²) in [6.07, 6.45) is 3.42. The highest BCUT2D eigenvalue weighted by molar-refractivity contribution is 6.07. The molecule has 3 N–H and O–H groups in total. The topological polar surface area (TPSA) is 114 Å². The Hall–Kier alpha value is -4.37. The SMILES string of the molecule is CC1(C)COC(Cc2nccc3c2[nH]c2ccccc23)OC1.O=Cc1cccc(C[C@H](NCc2ccccc2)C(=O)O)c1. The van der Waals surface area contributed by atoms with Crippen molar-refractivity contribution in [3.05, 3.63) is 114 Å². The molecule has 8 heteroatoms. The first-order chi connectivity index (χ1) is 20.8. The number of aromatic amines is 1. The summed E-state index contributed by atoms with van der Waals surface area (Å²) in [5.41, 5.74) is 5.73. The predicted molar refractivity (Wildman–Crippen MR) is 167 cm³/mol. The van der Waals surface area contributed by atoms with Gasteiger partial charge in [-0.05, 0) is 35.7 Å². The normalized spacial score (nSPS) is 15.5. The van der Waals surface area contributed by atoms with Gasteiger partial charge in [-0.15, -0.1) is 0 Å². The lowest BCUT2D eigenvalue weighted by Gasteiger charge is -2.34. The standard InChI is InChI=1S/C18H20N2O2.C17H17NO3/c1-18(2)10-21-16(22-11-18)9-15-17-13(7-8-19-15)12-5-3-4-6-14(12)20-17;19-12-15-8-4-7-14(9-15)10-16(17(20)21)18-11-13-5-2-1-3-6-13/h3-8,16,20H,9-11H2,1-2H3;1-9,12,16,18H,10-11H2,(H,20,21)/t;16-/m.0/s1. The molecular weight excluding hydrogens is 542 g/mol. The summed E-state index contributed by atoms with van der Waals surface area (Å²) in [7, 11) is 0. The molecule has 0 aliphatic carbocycles. The van der Waals surface area contributed by atoms with Crippen LogP contribution in [-0.4, -0.2) is 52.9 Å². The molecule has 0 bridgehead atoms. The molecule has 43 heavy (non-hydrogen) atoms. The number of nitrogens with one attached hydrogen (secondary N) is 2. The number of carbonyl (C=O) groups is 2. The van der Waals surface area contributed by atoms with Crippen LogP contribution in [-0.2, 0) is 33.7 Å². The number of aldehydes is 1. The van der Waals surface area contributed by atoms with Gasteiger partial charge < -0.3 is 24.9 Å². The summed E-state index contributed by atoms with van der Waals surface area (Å²) in [6.45, 7) is 6.24. The summed E-state index contributed by atoms with van der Waals surface area (Å²) < 4.78 is 11.7. The first kappa shape index (κ1) is 30.1. The van der Waals surface area contributed by atoms with E-state index in [1.54, 1.807) is 18.2 Å². The van der Waals surface area contributed by atoms with E-state index in [2.05, 4.69) is 53.4 Å². The largest absolute Gasteiger partial charge is 0.480 e. The van der Waals surface area contributed by atoms with Crippen molar-refractivity contribution in [3.8, 4) is 0 Å². The zero-order chi connectivity index (χ0) is 30.2. The fraction of sp³-hybridized carbons (Fsp3) is 0.286. The minimum atomic E-state index is -0.901. The number of benzene rings is 3. The number of fused-ring (bicyclic) bond motifs is 3. The molecular formula is C35H37N3O5. The first-order valence-electron chi connectivity index (χ1n) is 14.4. The number of hydrogen-bond acceptors (Lipinski definition) is 6. The van der Waals surface area contributed by atoms with Crippen LogP contribution in [0.5, 0.6) is 0 Å². The molecule has 1 fully saturated rings. The average Bonchev–Trinajstić information content (AvgIpc) is 3.41. The van der Waals surface area contributed by atoms with E-state index in [-0.39, 0.29) is 11.7 Å². The number of para-hydroxylation sites is 1. The van der Waals surface area contributed by atoms with Crippen LogP contribution in [0, 0.1) is 5.41 Å². The molecule has 2 aromatic heterocycles. The zero-order valence-electron chi connectivity index (χ0n) is 24.5. The van der Waals surface area contributed by atoms with Crippen molar-refractivity contribution in [3.63, 3.8) is 0 Å². The number of pyridine rings is 1. The number of ether oxygens (including phenoxy) is 2. The average molecular weight is 580 g/mol. The van der Waals surface area contributed by atoms with Crippen molar-refractivity contribution in [2.45, 2.75) is 45.6 Å². The fourth-order valence-electron chi connectivity index (χ4n) is 5.10. The van der Waals surface area contributed by atoms with Gasteiger partial charge in [-0.25, -0.2) is 0 Å². The van der Waals surface area contributed by atoms with Crippen LogP contribution in [0.2, 0.25) is 0 Å². The van der Waals surface area contributed by atoms with Crippen molar-refractivity contribution in [2.24, 2.45) is 5.41 Å². The molecule has 6 rings (SSSR count). The van der Waals surface area contributed by atoms with Crippen molar-refractivity contribution < 1.29 is 24.2 Å². The van der Waals surface area contributed by atoms with Crippen molar-refractivity contribution in [2.75, 3.05) is 13.2 Å².